The summed E-state index contributed by atoms with van der Waals surface area (Å²) in [6.07, 6.45) is 5.95. The van der Waals surface area contributed by atoms with Crippen molar-refractivity contribution < 1.29 is 10.2 Å². The van der Waals surface area contributed by atoms with Gasteiger partial charge in [-0.05, 0) is 62.3 Å². The van der Waals surface area contributed by atoms with Crippen LogP contribution < -0.4 is 5.32 Å². The molecular weight excluding hydrogens is 250 g/mol. The van der Waals surface area contributed by atoms with E-state index in [9.17, 15) is 10.2 Å². The Labute approximate surface area is 122 Å². The average Bonchev–Trinajstić information content (AvgIpc) is 2.48. The molecule has 0 aliphatic heterocycles. The second kappa shape index (κ2) is 7.65. The Morgan fingerprint density at radius 1 is 1.15 bits per heavy atom. The van der Waals surface area contributed by atoms with Crippen LogP contribution in [0.15, 0.2) is 24.3 Å². The molecule has 2 rings (SSSR count). The number of hydrogen-bond donors (Lipinski definition) is 3. The molecule has 1 aliphatic rings. The highest BCUT2D eigenvalue weighted by Crippen LogP contribution is 2.29. The van der Waals surface area contributed by atoms with Gasteiger partial charge in [0.1, 0.15) is 5.75 Å². The van der Waals surface area contributed by atoms with Crippen molar-refractivity contribution in [2.45, 2.75) is 45.1 Å². The maximum absolute atomic E-state index is 9.44. The van der Waals surface area contributed by atoms with Crippen LogP contribution in [0.4, 0.5) is 0 Å². The highest BCUT2D eigenvalue weighted by atomic mass is 16.3. The van der Waals surface area contributed by atoms with Crippen LogP contribution in [-0.2, 0) is 6.42 Å². The van der Waals surface area contributed by atoms with E-state index >= 15 is 0 Å². The summed E-state index contributed by atoms with van der Waals surface area (Å²) in [7, 11) is 0. The van der Waals surface area contributed by atoms with Gasteiger partial charge in [-0.3, -0.25) is 0 Å². The minimum absolute atomic E-state index is 0.322. The molecule has 0 heterocycles. The molecule has 3 heteroatoms. The lowest BCUT2D eigenvalue weighted by Gasteiger charge is -2.31. The summed E-state index contributed by atoms with van der Waals surface area (Å²) < 4.78 is 0. The molecule has 3 unspecified atom stereocenters. The topological polar surface area (TPSA) is 52.5 Å². The van der Waals surface area contributed by atoms with Crippen LogP contribution in [0, 0.1) is 11.8 Å². The molecule has 1 aliphatic carbocycles. The molecule has 0 saturated heterocycles. The Morgan fingerprint density at radius 3 is 2.45 bits per heavy atom. The first-order valence-electron chi connectivity index (χ1n) is 7.81. The van der Waals surface area contributed by atoms with Gasteiger partial charge in [-0.2, -0.15) is 0 Å². The molecule has 3 nitrogen and oxygen atoms in total. The summed E-state index contributed by atoms with van der Waals surface area (Å²) >= 11 is 0. The van der Waals surface area contributed by atoms with Crippen LogP contribution in [0.25, 0.3) is 0 Å². The summed E-state index contributed by atoms with van der Waals surface area (Å²) in [4.78, 5) is 0. The zero-order valence-corrected chi connectivity index (χ0v) is 12.4. The number of aliphatic hydroxyl groups excluding tert-OH is 1. The van der Waals surface area contributed by atoms with Crippen LogP contribution in [0.3, 0.4) is 0 Å². The maximum Gasteiger partial charge on any atom is 0.115 e. The van der Waals surface area contributed by atoms with Crippen molar-refractivity contribution in [3.8, 4) is 5.75 Å². The number of aliphatic hydroxyl groups is 1. The normalized spacial score (nSPS) is 24.5. The van der Waals surface area contributed by atoms with Crippen molar-refractivity contribution in [3.63, 3.8) is 0 Å². The largest absolute Gasteiger partial charge is 0.508 e. The van der Waals surface area contributed by atoms with E-state index in [1.165, 1.54) is 31.2 Å². The number of nitrogens with one attached hydrogen (secondary N) is 1. The first-order valence-corrected chi connectivity index (χ1v) is 7.81. The molecule has 1 aromatic carbocycles. The Balaban J connectivity index is 1.76. The zero-order valence-electron chi connectivity index (χ0n) is 12.4. The van der Waals surface area contributed by atoms with Gasteiger partial charge in [0.05, 0.1) is 0 Å². The third-order valence-electron chi connectivity index (χ3n) is 4.51. The van der Waals surface area contributed by atoms with E-state index in [0.29, 0.717) is 30.2 Å². The van der Waals surface area contributed by atoms with E-state index in [4.69, 9.17) is 0 Å². The number of rotatable bonds is 6. The predicted octanol–water partition coefficient (Wildman–Crippen LogP) is 2.71. The van der Waals surface area contributed by atoms with E-state index < -0.39 is 0 Å². The first-order chi connectivity index (χ1) is 9.69. The van der Waals surface area contributed by atoms with Gasteiger partial charge in [0.25, 0.3) is 0 Å². The molecule has 0 amide bonds. The minimum Gasteiger partial charge on any atom is -0.508 e. The Morgan fingerprint density at radius 2 is 1.80 bits per heavy atom. The molecule has 0 spiro atoms. The standard InChI is InChI=1S/C17H27NO2/c1-13(10-14-6-8-17(20)9-7-14)18-11-15-4-2-3-5-16(15)12-19/h6-9,13,15-16,18-20H,2-5,10-12H2,1H3. The SMILES string of the molecule is CC(Cc1ccc(O)cc1)NCC1CCCCC1CO. The molecule has 0 aromatic heterocycles. The molecular formula is C17H27NO2. The van der Waals surface area contributed by atoms with Gasteiger partial charge in [0.2, 0.25) is 0 Å². The van der Waals surface area contributed by atoms with Gasteiger partial charge in [0.15, 0.2) is 0 Å². The van der Waals surface area contributed by atoms with E-state index in [1.54, 1.807) is 12.1 Å². The van der Waals surface area contributed by atoms with Crippen LogP contribution in [0.1, 0.15) is 38.2 Å². The summed E-state index contributed by atoms with van der Waals surface area (Å²) in [5, 5.41) is 22.3. The summed E-state index contributed by atoms with van der Waals surface area (Å²) in [6.45, 7) is 3.53. The van der Waals surface area contributed by atoms with Gasteiger partial charge in [-0.1, -0.05) is 25.0 Å². The number of benzene rings is 1. The van der Waals surface area contributed by atoms with Crippen LogP contribution >= 0.6 is 0 Å². The summed E-state index contributed by atoms with van der Waals surface area (Å²) in [5.74, 6) is 1.43. The van der Waals surface area contributed by atoms with Crippen LogP contribution in [-0.4, -0.2) is 29.4 Å². The molecule has 3 atom stereocenters. The molecule has 112 valence electrons. The monoisotopic (exact) mass is 277 g/mol. The zero-order chi connectivity index (χ0) is 14.4. The van der Waals surface area contributed by atoms with E-state index in [2.05, 4.69) is 12.2 Å². The van der Waals surface area contributed by atoms with E-state index in [0.717, 1.165) is 13.0 Å². The molecule has 1 fully saturated rings. The molecule has 0 bridgehead atoms. The van der Waals surface area contributed by atoms with Gasteiger partial charge in [-0.25, -0.2) is 0 Å². The van der Waals surface area contributed by atoms with Crippen molar-refractivity contribution >= 4 is 0 Å². The van der Waals surface area contributed by atoms with Crippen LogP contribution in [0.5, 0.6) is 5.75 Å². The lowest BCUT2D eigenvalue weighted by atomic mass is 9.79. The first kappa shape index (κ1) is 15.3. The maximum atomic E-state index is 9.44. The minimum atomic E-state index is 0.322. The lowest BCUT2D eigenvalue weighted by Crippen LogP contribution is -2.37. The van der Waals surface area contributed by atoms with Crippen molar-refractivity contribution in [1.82, 2.24) is 5.32 Å². The molecule has 1 aromatic rings. The van der Waals surface area contributed by atoms with Crippen molar-refractivity contribution in [2.24, 2.45) is 11.8 Å². The second-order valence-corrected chi connectivity index (χ2v) is 6.17. The fourth-order valence-corrected chi connectivity index (χ4v) is 3.20. The number of phenolic OH excluding ortho intramolecular Hbond substituents is 1. The van der Waals surface area contributed by atoms with Crippen LogP contribution in [0.2, 0.25) is 0 Å². The molecule has 1 saturated carbocycles. The Bertz CT molecular complexity index is 390. The average molecular weight is 277 g/mol. The summed E-state index contributed by atoms with van der Waals surface area (Å²) in [6, 6.07) is 7.85. The predicted molar refractivity (Wildman–Crippen MR) is 81.8 cm³/mol. The second-order valence-electron chi connectivity index (χ2n) is 6.17. The summed E-state index contributed by atoms with van der Waals surface area (Å²) in [5.41, 5.74) is 1.24. The fourth-order valence-electron chi connectivity index (χ4n) is 3.20. The fraction of sp³-hybridized carbons (Fsp3) is 0.647. The number of phenols is 1. The van der Waals surface area contributed by atoms with Crippen molar-refractivity contribution in [3.05, 3.63) is 29.8 Å². The van der Waals surface area contributed by atoms with Gasteiger partial charge < -0.3 is 15.5 Å². The third kappa shape index (κ3) is 4.50. The highest BCUT2D eigenvalue weighted by molar-refractivity contribution is 5.26. The van der Waals surface area contributed by atoms with Gasteiger partial charge >= 0.3 is 0 Å². The molecule has 3 N–H and O–H groups in total. The van der Waals surface area contributed by atoms with E-state index in [1.807, 2.05) is 12.1 Å². The number of hydrogen-bond acceptors (Lipinski definition) is 3. The van der Waals surface area contributed by atoms with E-state index in [-0.39, 0.29) is 0 Å². The van der Waals surface area contributed by atoms with Crippen molar-refractivity contribution in [1.29, 1.82) is 0 Å². The highest BCUT2D eigenvalue weighted by Gasteiger charge is 2.24. The molecule has 20 heavy (non-hydrogen) atoms. The van der Waals surface area contributed by atoms with Crippen molar-refractivity contribution in [2.75, 3.05) is 13.2 Å². The number of aromatic hydroxyl groups is 1. The Hall–Kier alpha value is -1.06. The van der Waals surface area contributed by atoms with Gasteiger partial charge in [-0.15, -0.1) is 0 Å². The quantitative estimate of drug-likeness (QED) is 0.749. The molecule has 0 radical (unpaired) electrons. The van der Waals surface area contributed by atoms with Gasteiger partial charge in [0, 0.05) is 12.6 Å². The third-order valence-corrected chi connectivity index (χ3v) is 4.51. The smallest absolute Gasteiger partial charge is 0.115 e. The lowest BCUT2D eigenvalue weighted by molar-refractivity contribution is 0.131. The Kier molecular flexibility index (Phi) is 5.86.